The van der Waals surface area contributed by atoms with E-state index in [4.69, 9.17) is 15.9 Å². The zero-order valence-electron chi connectivity index (χ0n) is 16.9. The van der Waals surface area contributed by atoms with Gasteiger partial charge in [-0.1, -0.05) is 48.0 Å². The summed E-state index contributed by atoms with van der Waals surface area (Å²) in [4.78, 5) is 31.8. The highest BCUT2D eigenvalue weighted by Crippen LogP contribution is 2.44. The summed E-state index contributed by atoms with van der Waals surface area (Å²) in [6.45, 7) is 2.42. The Morgan fingerprint density at radius 3 is 2.77 bits per heavy atom. The van der Waals surface area contributed by atoms with Gasteiger partial charge in [-0.2, -0.15) is 0 Å². The summed E-state index contributed by atoms with van der Waals surface area (Å²) in [5.74, 6) is 1.75. The average Bonchev–Trinajstić information content (AvgIpc) is 3.13. The Morgan fingerprint density at radius 1 is 1.30 bits per heavy atom. The molecule has 2 heterocycles. The number of rotatable bonds is 8. The third kappa shape index (κ3) is 4.75. The number of amidine groups is 1. The molecule has 156 valence electrons. The van der Waals surface area contributed by atoms with Gasteiger partial charge >= 0.3 is 5.97 Å². The molecule has 0 saturated heterocycles. The van der Waals surface area contributed by atoms with Gasteiger partial charge in [0.05, 0.1) is 36.9 Å². The van der Waals surface area contributed by atoms with Crippen molar-refractivity contribution in [3.8, 4) is 12.3 Å². The van der Waals surface area contributed by atoms with Crippen molar-refractivity contribution in [2.45, 2.75) is 19.4 Å². The number of aliphatic imine (C=N–C) groups is 1. The van der Waals surface area contributed by atoms with Gasteiger partial charge in [0, 0.05) is 12.8 Å². The maximum atomic E-state index is 13.0. The molecule has 0 fully saturated rings. The summed E-state index contributed by atoms with van der Waals surface area (Å²) in [6, 6.07) is 9.18. The van der Waals surface area contributed by atoms with Crippen molar-refractivity contribution < 1.29 is 19.1 Å². The van der Waals surface area contributed by atoms with Gasteiger partial charge in [-0.05, 0) is 17.9 Å². The van der Waals surface area contributed by atoms with E-state index in [1.807, 2.05) is 40.6 Å². The molecule has 2 aliphatic heterocycles. The molecular formula is C22H23N3O4S. The monoisotopic (exact) mass is 425 g/mol. The topological polar surface area (TPSA) is 80.2 Å². The Morgan fingerprint density at radius 2 is 2.07 bits per heavy atom. The fraction of sp³-hybridized carbons (Fsp3) is 0.318. The maximum absolute atomic E-state index is 13.0. The molecule has 3 rings (SSSR count). The number of nitrogens with zero attached hydrogens (tertiary/aromatic N) is 2. The number of terminal acetylenes is 1. The SMILES string of the molecule is C#CCNC(=O)CC1=CSC2=NC(C)=C(C(=O)OCCOC)C(c3ccccc3)N12. The molecule has 0 bridgehead atoms. The fourth-order valence-electron chi connectivity index (χ4n) is 3.25. The number of fused-ring (bicyclic) bond motifs is 1. The minimum absolute atomic E-state index is 0.127. The van der Waals surface area contributed by atoms with Gasteiger partial charge in [-0.3, -0.25) is 4.79 Å². The molecule has 8 heteroatoms. The van der Waals surface area contributed by atoms with E-state index >= 15 is 0 Å². The number of amides is 1. The van der Waals surface area contributed by atoms with Crippen molar-refractivity contribution in [1.29, 1.82) is 0 Å². The number of carbonyl (C=O) groups excluding carboxylic acids is 2. The van der Waals surface area contributed by atoms with Crippen molar-refractivity contribution in [1.82, 2.24) is 10.2 Å². The van der Waals surface area contributed by atoms with Crippen LogP contribution in [0.15, 0.2) is 57.7 Å². The molecule has 7 nitrogen and oxygen atoms in total. The molecule has 1 amide bonds. The first-order valence-corrected chi connectivity index (χ1v) is 10.3. The van der Waals surface area contributed by atoms with E-state index in [-0.39, 0.29) is 25.5 Å². The first-order valence-electron chi connectivity index (χ1n) is 9.42. The van der Waals surface area contributed by atoms with E-state index in [9.17, 15) is 9.59 Å². The Bertz CT molecular complexity index is 947. The molecule has 30 heavy (non-hydrogen) atoms. The van der Waals surface area contributed by atoms with Crippen LogP contribution in [0, 0.1) is 12.3 Å². The third-order valence-corrected chi connectivity index (χ3v) is 5.47. The number of allylic oxidation sites excluding steroid dienone is 1. The lowest BCUT2D eigenvalue weighted by molar-refractivity contribution is -0.141. The van der Waals surface area contributed by atoms with E-state index in [0.717, 1.165) is 16.4 Å². The number of hydrogen-bond acceptors (Lipinski definition) is 7. The van der Waals surface area contributed by atoms with E-state index in [0.29, 0.717) is 17.9 Å². The molecular weight excluding hydrogens is 402 g/mol. The number of ether oxygens (including phenoxy) is 2. The van der Waals surface area contributed by atoms with Crippen molar-refractivity contribution in [2.24, 2.45) is 4.99 Å². The number of benzene rings is 1. The van der Waals surface area contributed by atoms with E-state index in [2.05, 4.69) is 16.2 Å². The minimum atomic E-state index is -0.450. The summed E-state index contributed by atoms with van der Waals surface area (Å²) < 4.78 is 10.4. The van der Waals surface area contributed by atoms with Crippen molar-refractivity contribution >= 4 is 28.8 Å². The van der Waals surface area contributed by atoms with Gasteiger partial charge in [0.25, 0.3) is 0 Å². The molecule has 0 aromatic heterocycles. The number of esters is 1. The molecule has 1 N–H and O–H groups in total. The van der Waals surface area contributed by atoms with Crippen LogP contribution in [-0.2, 0) is 19.1 Å². The fourth-order valence-corrected chi connectivity index (χ4v) is 4.22. The molecule has 0 radical (unpaired) electrons. The van der Waals surface area contributed by atoms with Crippen LogP contribution < -0.4 is 5.32 Å². The quantitative estimate of drug-likeness (QED) is 0.392. The molecule has 1 aromatic carbocycles. The summed E-state index contributed by atoms with van der Waals surface area (Å²) in [7, 11) is 1.55. The molecule has 1 aromatic rings. The standard InChI is InChI=1S/C22H23N3O4S/c1-4-10-23-18(26)13-17-14-30-22-24-15(2)19(21(27)29-12-11-28-3)20(25(17)22)16-8-6-5-7-9-16/h1,5-9,14,20H,10-13H2,2-3H3,(H,23,26). The predicted octanol–water partition coefficient (Wildman–Crippen LogP) is 2.59. The van der Waals surface area contributed by atoms with Gasteiger partial charge in [-0.25, -0.2) is 9.79 Å². The van der Waals surface area contributed by atoms with Crippen molar-refractivity contribution in [3.63, 3.8) is 0 Å². The van der Waals surface area contributed by atoms with Crippen LogP contribution in [0.25, 0.3) is 0 Å². The zero-order chi connectivity index (χ0) is 21.5. The second kappa shape index (κ2) is 10.1. The highest BCUT2D eigenvalue weighted by Gasteiger charge is 2.41. The van der Waals surface area contributed by atoms with Crippen LogP contribution in [0.1, 0.15) is 24.9 Å². The molecule has 1 unspecified atom stereocenters. The summed E-state index contributed by atoms with van der Waals surface area (Å²) in [5, 5.41) is 5.28. The van der Waals surface area contributed by atoms with Crippen LogP contribution in [0.4, 0.5) is 0 Å². The van der Waals surface area contributed by atoms with Crippen LogP contribution in [0.2, 0.25) is 0 Å². The highest BCUT2D eigenvalue weighted by molar-refractivity contribution is 8.16. The molecule has 0 spiro atoms. The molecule has 2 aliphatic rings. The average molecular weight is 426 g/mol. The van der Waals surface area contributed by atoms with Gasteiger partial charge in [0.1, 0.15) is 6.61 Å². The number of hydrogen-bond donors (Lipinski definition) is 1. The maximum Gasteiger partial charge on any atom is 0.338 e. The largest absolute Gasteiger partial charge is 0.460 e. The molecule has 0 saturated carbocycles. The van der Waals surface area contributed by atoms with E-state index in [1.165, 1.54) is 11.8 Å². The van der Waals surface area contributed by atoms with Crippen molar-refractivity contribution in [2.75, 3.05) is 26.9 Å². The molecule has 1 atom stereocenters. The minimum Gasteiger partial charge on any atom is -0.460 e. The van der Waals surface area contributed by atoms with Crippen LogP contribution in [0.3, 0.4) is 0 Å². The first kappa shape index (κ1) is 21.7. The zero-order valence-corrected chi connectivity index (χ0v) is 17.7. The summed E-state index contributed by atoms with van der Waals surface area (Å²) in [6.07, 6.45) is 5.35. The summed E-state index contributed by atoms with van der Waals surface area (Å²) in [5.41, 5.74) is 2.69. The van der Waals surface area contributed by atoms with E-state index in [1.54, 1.807) is 14.0 Å². The lowest BCUT2D eigenvalue weighted by Gasteiger charge is -2.36. The second-order valence-corrected chi connectivity index (χ2v) is 7.43. The number of methoxy groups -OCH3 is 1. The van der Waals surface area contributed by atoms with Gasteiger partial charge in [0.2, 0.25) is 5.91 Å². The number of nitrogens with one attached hydrogen (secondary N) is 1. The van der Waals surface area contributed by atoms with Crippen LogP contribution >= 0.6 is 11.8 Å². The van der Waals surface area contributed by atoms with E-state index < -0.39 is 12.0 Å². The first-order chi connectivity index (χ1) is 14.6. The van der Waals surface area contributed by atoms with Gasteiger partial charge in [-0.15, -0.1) is 6.42 Å². The Balaban J connectivity index is 1.95. The summed E-state index contributed by atoms with van der Waals surface area (Å²) >= 11 is 1.42. The third-order valence-electron chi connectivity index (χ3n) is 4.59. The lowest BCUT2D eigenvalue weighted by Crippen LogP contribution is -2.38. The lowest BCUT2D eigenvalue weighted by atomic mass is 9.94. The highest BCUT2D eigenvalue weighted by atomic mass is 32.2. The van der Waals surface area contributed by atoms with Gasteiger partial charge < -0.3 is 19.7 Å². The number of thioether (sulfide) groups is 1. The Labute approximate surface area is 180 Å². The second-order valence-electron chi connectivity index (χ2n) is 6.59. The predicted molar refractivity (Wildman–Crippen MR) is 116 cm³/mol. The Hall–Kier alpha value is -3.02. The molecule has 0 aliphatic carbocycles. The van der Waals surface area contributed by atoms with Crippen molar-refractivity contribution in [3.05, 3.63) is 58.3 Å². The van der Waals surface area contributed by atoms with Crippen LogP contribution in [-0.4, -0.2) is 48.8 Å². The number of carbonyl (C=O) groups is 2. The Kier molecular flexibility index (Phi) is 7.33. The van der Waals surface area contributed by atoms with Crippen LogP contribution in [0.5, 0.6) is 0 Å². The van der Waals surface area contributed by atoms with Gasteiger partial charge in [0.15, 0.2) is 5.17 Å². The normalized spacial score (nSPS) is 17.6. The smallest absolute Gasteiger partial charge is 0.338 e.